The molecule has 2 aromatic rings. The molecule has 3 amide bonds. The number of amides is 3. The SMILES string of the molecule is Cc1cc(C(=O)N[C@@H](CCCNC(=O)OCc2ccccc2)C(=O)N[C@H]2CCC[C@H]2C(=O)O)n(C)c1. The summed E-state index contributed by atoms with van der Waals surface area (Å²) in [6, 6.07) is 9.67. The number of nitrogens with zero attached hydrogens (tertiary/aromatic N) is 1. The maximum Gasteiger partial charge on any atom is 0.407 e. The summed E-state index contributed by atoms with van der Waals surface area (Å²) in [7, 11) is 1.75. The quantitative estimate of drug-likeness (QED) is 0.351. The van der Waals surface area contributed by atoms with Gasteiger partial charge in [0.25, 0.3) is 5.91 Å². The van der Waals surface area contributed by atoms with E-state index < -0.39 is 41.9 Å². The Bertz CT molecular complexity index is 1070. The Morgan fingerprint density at radius 1 is 1.17 bits per heavy atom. The minimum atomic E-state index is -0.934. The number of benzene rings is 1. The number of rotatable bonds is 11. The second-order valence-corrected chi connectivity index (χ2v) is 9.16. The third-order valence-corrected chi connectivity index (χ3v) is 6.31. The van der Waals surface area contributed by atoms with Gasteiger partial charge in [0.05, 0.1) is 5.92 Å². The van der Waals surface area contributed by atoms with E-state index in [0.29, 0.717) is 25.0 Å². The lowest BCUT2D eigenvalue weighted by atomic mass is 10.0. The average Bonchev–Trinajstić information content (AvgIpc) is 3.45. The molecule has 0 radical (unpaired) electrons. The lowest BCUT2D eigenvalue weighted by molar-refractivity contribution is -0.142. The Morgan fingerprint density at radius 2 is 1.92 bits per heavy atom. The Hall–Kier alpha value is -3.82. The van der Waals surface area contributed by atoms with Gasteiger partial charge in [-0.25, -0.2) is 4.79 Å². The Morgan fingerprint density at radius 3 is 2.58 bits per heavy atom. The number of carbonyl (C=O) groups excluding carboxylic acids is 3. The van der Waals surface area contributed by atoms with Crippen molar-refractivity contribution in [1.82, 2.24) is 20.5 Å². The van der Waals surface area contributed by atoms with E-state index in [0.717, 1.165) is 17.5 Å². The van der Waals surface area contributed by atoms with Gasteiger partial charge in [0.15, 0.2) is 0 Å². The van der Waals surface area contributed by atoms with Gasteiger partial charge in [-0.15, -0.1) is 0 Å². The summed E-state index contributed by atoms with van der Waals surface area (Å²) < 4.78 is 6.87. The first-order chi connectivity index (χ1) is 17.2. The van der Waals surface area contributed by atoms with Crippen LogP contribution in [-0.2, 0) is 28.0 Å². The van der Waals surface area contributed by atoms with E-state index in [4.69, 9.17) is 4.74 Å². The second-order valence-electron chi connectivity index (χ2n) is 9.16. The van der Waals surface area contributed by atoms with Crippen molar-refractivity contribution in [2.45, 2.75) is 57.7 Å². The van der Waals surface area contributed by atoms with E-state index >= 15 is 0 Å². The molecule has 0 spiro atoms. The molecular formula is C26H34N4O6. The van der Waals surface area contributed by atoms with Crippen LogP contribution in [0.4, 0.5) is 4.79 Å². The van der Waals surface area contributed by atoms with E-state index in [1.165, 1.54) is 0 Å². The van der Waals surface area contributed by atoms with Crippen molar-refractivity contribution in [1.29, 1.82) is 0 Å². The molecule has 1 aliphatic rings. The van der Waals surface area contributed by atoms with Crippen LogP contribution >= 0.6 is 0 Å². The maximum atomic E-state index is 13.1. The third-order valence-electron chi connectivity index (χ3n) is 6.31. The highest BCUT2D eigenvalue weighted by atomic mass is 16.5. The zero-order valence-corrected chi connectivity index (χ0v) is 20.7. The first-order valence-corrected chi connectivity index (χ1v) is 12.2. The smallest absolute Gasteiger partial charge is 0.407 e. The number of carboxylic acids is 1. The fourth-order valence-electron chi connectivity index (χ4n) is 4.44. The zero-order valence-electron chi connectivity index (χ0n) is 20.7. The van der Waals surface area contributed by atoms with E-state index in [1.807, 2.05) is 43.5 Å². The van der Waals surface area contributed by atoms with Crippen LogP contribution in [-0.4, -0.2) is 52.2 Å². The zero-order chi connectivity index (χ0) is 26.1. The Balaban J connectivity index is 1.55. The lowest BCUT2D eigenvalue weighted by Crippen LogP contribution is -2.51. The highest BCUT2D eigenvalue weighted by molar-refractivity contribution is 5.96. The van der Waals surface area contributed by atoms with Gasteiger partial charge in [-0.2, -0.15) is 0 Å². The van der Waals surface area contributed by atoms with E-state index in [2.05, 4.69) is 16.0 Å². The van der Waals surface area contributed by atoms with E-state index in [9.17, 15) is 24.3 Å². The first-order valence-electron chi connectivity index (χ1n) is 12.2. The van der Waals surface area contributed by atoms with Crippen molar-refractivity contribution in [2.75, 3.05) is 6.54 Å². The number of nitrogens with one attached hydrogen (secondary N) is 3. The van der Waals surface area contributed by atoms with Crippen molar-refractivity contribution in [2.24, 2.45) is 13.0 Å². The van der Waals surface area contributed by atoms with Gasteiger partial charge in [0.2, 0.25) is 5.91 Å². The number of hydrogen-bond donors (Lipinski definition) is 4. The second kappa shape index (κ2) is 12.8. The van der Waals surface area contributed by atoms with Crippen LogP contribution in [0.25, 0.3) is 0 Å². The minimum Gasteiger partial charge on any atom is -0.481 e. The standard InChI is InChI=1S/C26H34N4O6/c1-17-14-22(30(2)15-17)24(32)29-21(23(31)28-20-11-6-10-19(20)25(33)34)12-7-13-27-26(35)36-16-18-8-4-3-5-9-18/h3-5,8-9,14-15,19-21H,6-7,10-13,16H2,1-2H3,(H,27,35)(H,28,31)(H,29,32)(H,33,34)/t19-,20+,21+/m1/s1. The van der Waals surface area contributed by atoms with Crippen LogP contribution in [0.15, 0.2) is 42.6 Å². The molecule has 0 bridgehead atoms. The average molecular weight is 499 g/mol. The summed E-state index contributed by atoms with van der Waals surface area (Å²) >= 11 is 0. The fourth-order valence-corrected chi connectivity index (χ4v) is 4.44. The monoisotopic (exact) mass is 498 g/mol. The van der Waals surface area contributed by atoms with Crippen LogP contribution in [0.3, 0.4) is 0 Å². The molecular weight excluding hydrogens is 464 g/mol. The molecule has 10 nitrogen and oxygen atoms in total. The van der Waals surface area contributed by atoms with Crippen molar-refractivity contribution in [3.63, 3.8) is 0 Å². The van der Waals surface area contributed by atoms with Gasteiger partial charge in [-0.1, -0.05) is 36.8 Å². The Kier molecular flexibility index (Phi) is 9.49. The number of ether oxygens (including phenoxy) is 1. The molecule has 0 unspecified atom stereocenters. The van der Waals surface area contributed by atoms with Gasteiger partial charge in [-0.3, -0.25) is 14.4 Å². The van der Waals surface area contributed by atoms with Gasteiger partial charge < -0.3 is 30.4 Å². The molecule has 4 N–H and O–H groups in total. The molecule has 36 heavy (non-hydrogen) atoms. The van der Waals surface area contributed by atoms with E-state index in [-0.39, 0.29) is 19.6 Å². The molecule has 1 aromatic carbocycles. The summed E-state index contributed by atoms with van der Waals surface area (Å²) in [5.74, 6) is -2.40. The summed E-state index contributed by atoms with van der Waals surface area (Å²) in [4.78, 5) is 49.4. The highest BCUT2D eigenvalue weighted by Crippen LogP contribution is 2.26. The molecule has 1 aliphatic carbocycles. The molecule has 194 valence electrons. The Labute approximate surface area is 210 Å². The maximum absolute atomic E-state index is 13.1. The molecule has 3 atom stereocenters. The topological polar surface area (TPSA) is 139 Å². The van der Waals surface area contributed by atoms with Crippen LogP contribution in [0, 0.1) is 12.8 Å². The summed E-state index contributed by atoms with van der Waals surface area (Å²) in [6.07, 6.45) is 3.70. The lowest BCUT2D eigenvalue weighted by Gasteiger charge is -2.23. The molecule has 0 aliphatic heterocycles. The summed E-state index contributed by atoms with van der Waals surface area (Å²) in [5, 5.41) is 17.7. The van der Waals surface area contributed by atoms with Crippen molar-refractivity contribution >= 4 is 23.9 Å². The van der Waals surface area contributed by atoms with Gasteiger partial charge in [0.1, 0.15) is 18.3 Å². The minimum absolute atomic E-state index is 0.149. The fraction of sp³-hybridized carbons (Fsp3) is 0.462. The van der Waals surface area contributed by atoms with Crippen LogP contribution in [0.5, 0.6) is 0 Å². The number of hydrogen-bond acceptors (Lipinski definition) is 5. The van der Waals surface area contributed by atoms with Gasteiger partial charge in [0, 0.05) is 25.8 Å². The number of aryl methyl sites for hydroxylation is 2. The predicted octanol–water partition coefficient (Wildman–Crippen LogP) is 2.51. The van der Waals surface area contributed by atoms with Crippen molar-refractivity contribution in [3.05, 3.63) is 59.4 Å². The number of aliphatic carboxylic acids is 1. The summed E-state index contributed by atoms with van der Waals surface area (Å²) in [6.45, 7) is 2.27. The number of alkyl carbamates (subject to hydrolysis) is 1. The summed E-state index contributed by atoms with van der Waals surface area (Å²) in [5.41, 5.74) is 2.20. The molecule has 0 saturated heterocycles. The largest absolute Gasteiger partial charge is 0.481 e. The highest BCUT2D eigenvalue weighted by Gasteiger charge is 2.35. The molecule has 1 heterocycles. The number of aromatic nitrogens is 1. The molecule has 1 saturated carbocycles. The number of carboxylic acid groups (broad SMARTS) is 1. The molecule has 10 heteroatoms. The number of carbonyl (C=O) groups is 4. The van der Waals surface area contributed by atoms with Crippen molar-refractivity contribution in [3.8, 4) is 0 Å². The van der Waals surface area contributed by atoms with Gasteiger partial charge >= 0.3 is 12.1 Å². The van der Waals surface area contributed by atoms with Crippen LogP contribution in [0.1, 0.15) is 53.7 Å². The first kappa shape index (κ1) is 26.8. The third kappa shape index (κ3) is 7.59. The normalized spacial score (nSPS) is 17.7. The molecule has 1 aromatic heterocycles. The van der Waals surface area contributed by atoms with Gasteiger partial charge in [-0.05, 0) is 49.8 Å². The van der Waals surface area contributed by atoms with Crippen LogP contribution in [0.2, 0.25) is 0 Å². The molecule has 3 rings (SSSR count). The van der Waals surface area contributed by atoms with Crippen molar-refractivity contribution < 1.29 is 29.0 Å². The van der Waals surface area contributed by atoms with E-state index in [1.54, 1.807) is 17.7 Å². The van der Waals surface area contributed by atoms with Crippen LogP contribution < -0.4 is 16.0 Å². The predicted molar refractivity (Wildman–Crippen MR) is 132 cm³/mol. The molecule has 1 fully saturated rings.